The van der Waals surface area contributed by atoms with Gasteiger partial charge in [0.2, 0.25) is 0 Å². The highest BCUT2D eigenvalue weighted by molar-refractivity contribution is 5.77. The van der Waals surface area contributed by atoms with Crippen LogP contribution in [0.1, 0.15) is 45.1 Å². The first-order valence-corrected chi connectivity index (χ1v) is 8.23. The molecule has 0 radical (unpaired) electrons. The Balaban J connectivity index is 1.82. The van der Waals surface area contributed by atoms with Crippen LogP contribution < -0.4 is 10.5 Å². The van der Waals surface area contributed by atoms with Crippen molar-refractivity contribution in [2.24, 2.45) is 11.7 Å². The summed E-state index contributed by atoms with van der Waals surface area (Å²) in [6, 6.07) is 8.19. The number of nitrogens with two attached hydrogens (primary N) is 1. The van der Waals surface area contributed by atoms with Crippen LogP contribution in [0.25, 0.3) is 0 Å². The Hall–Kier alpha value is -1.55. The van der Waals surface area contributed by atoms with Crippen molar-refractivity contribution in [3.05, 3.63) is 29.8 Å². The number of hydrogen-bond acceptors (Lipinski definition) is 3. The standard InChI is InChI=1S/C18H28N2O2/c1-13(2)16-5-4-6-17(11-16)22-12-18(21)20-9-7-15(8-10-20)14(3)19/h4-6,11,13-15H,7-10,12,19H2,1-3H3. The van der Waals surface area contributed by atoms with Gasteiger partial charge < -0.3 is 15.4 Å². The average Bonchev–Trinajstić information content (AvgIpc) is 2.53. The molecule has 1 aliphatic rings. The number of nitrogens with zero attached hydrogens (tertiary/aromatic N) is 1. The van der Waals surface area contributed by atoms with Crippen molar-refractivity contribution in [2.45, 2.75) is 45.6 Å². The maximum atomic E-state index is 12.2. The maximum absolute atomic E-state index is 12.2. The summed E-state index contributed by atoms with van der Waals surface area (Å²) in [5, 5.41) is 0. The summed E-state index contributed by atoms with van der Waals surface area (Å²) in [5.41, 5.74) is 7.16. The minimum Gasteiger partial charge on any atom is -0.484 e. The highest BCUT2D eigenvalue weighted by Crippen LogP contribution is 2.21. The van der Waals surface area contributed by atoms with Crippen molar-refractivity contribution >= 4 is 5.91 Å². The number of hydrogen-bond donors (Lipinski definition) is 1. The number of carbonyl (C=O) groups is 1. The lowest BCUT2D eigenvalue weighted by Crippen LogP contribution is -2.44. The number of benzene rings is 1. The van der Waals surface area contributed by atoms with Gasteiger partial charge in [-0.2, -0.15) is 0 Å². The zero-order valence-corrected chi connectivity index (χ0v) is 13.9. The molecule has 1 unspecified atom stereocenters. The number of piperidine rings is 1. The van der Waals surface area contributed by atoms with Gasteiger partial charge in [0, 0.05) is 19.1 Å². The zero-order chi connectivity index (χ0) is 16.1. The summed E-state index contributed by atoms with van der Waals surface area (Å²) in [6.45, 7) is 8.04. The predicted octanol–water partition coefficient (Wildman–Crippen LogP) is 2.77. The number of likely N-dealkylation sites (tertiary alicyclic amines) is 1. The summed E-state index contributed by atoms with van der Waals surface area (Å²) in [6.07, 6.45) is 1.98. The van der Waals surface area contributed by atoms with E-state index in [1.165, 1.54) is 5.56 Å². The molecule has 22 heavy (non-hydrogen) atoms. The Bertz CT molecular complexity index is 492. The Kier molecular flexibility index (Phi) is 5.83. The normalized spacial score (nSPS) is 17.6. The Morgan fingerprint density at radius 2 is 2.00 bits per heavy atom. The molecule has 4 nitrogen and oxygen atoms in total. The van der Waals surface area contributed by atoms with Crippen molar-refractivity contribution in [3.8, 4) is 5.75 Å². The number of ether oxygens (including phenoxy) is 1. The van der Waals surface area contributed by atoms with E-state index in [2.05, 4.69) is 19.9 Å². The lowest BCUT2D eigenvalue weighted by Gasteiger charge is -2.33. The van der Waals surface area contributed by atoms with Crippen LogP contribution in [0.3, 0.4) is 0 Å². The summed E-state index contributed by atoms with van der Waals surface area (Å²) in [5.74, 6) is 1.83. The van der Waals surface area contributed by atoms with Gasteiger partial charge in [0.1, 0.15) is 5.75 Å². The molecule has 2 rings (SSSR count). The summed E-state index contributed by atoms with van der Waals surface area (Å²) in [7, 11) is 0. The van der Waals surface area contributed by atoms with E-state index in [1.807, 2.05) is 30.0 Å². The van der Waals surface area contributed by atoms with Crippen molar-refractivity contribution < 1.29 is 9.53 Å². The molecule has 1 atom stereocenters. The van der Waals surface area contributed by atoms with Gasteiger partial charge in [-0.15, -0.1) is 0 Å². The molecule has 1 aromatic carbocycles. The molecule has 1 amide bonds. The van der Waals surface area contributed by atoms with Gasteiger partial charge in [0.15, 0.2) is 6.61 Å². The van der Waals surface area contributed by atoms with Crippen molar-refractivity contribution in [1.82, 2.24) is 4.90 Å². The molecule has 0 spiro atoms. The topological polar surface area (TPSA) is 55.6 Å². The molecule has 0 bridgehead atoms. The van der Waals surface area contributed by atoms with E-state index in [0.717, 1.165) is 31.7 Å². The molecule has 4 heteroatoms. The molecule has 0 aliphatic carbocycles. The van der Waals surface area contributed by atoms with Gasteiger partial charge in [-0.25, -0.2) is 0 Å². The third-order valence-electron chi connectivity index (χ3n) is 4.52. The van der Waals surface area contributed by atoms with Gasteiger partial charge in [0.25, 0.3) is 5.91 Å². The van der Waals surface area contributed by atoms with E-state index in [9.17, 15) is 4.79 Å². The van der Waals surface area contributed by atoms with Gasteiger partial charge >= 0.3 is 0 Å². The Labute approximate surface area is 133 Å². The van der Waals surface area contributed by atoms with Crippen LogP contribution >= 0.6 is 0 Å². The van der Waals surface area contributed by atoms with Crippen LogP contribution in [0.5, 0.6) is 5.75 Å². The molecular weight excluding hydrogens is 276 g/mol. The van der Waals surface area contributed by atoms with Gasteiger partial charge in [-0.1, -0.05) is 26.0 Å². The third-order valence-corrected chi connectivity index (χ3v) is 4.52. The SMILES string of the molecule is CC(C)c1cccc(OCC(=O)N2CCC(C(C)N)CC2)c1. The molecule has 1 aliphatic heterocycles. The summed E-state index contributed by atoms with van der Waals surface area (Å²) in [4.78, 5) is 14.1. The van der Waals surface area contributed by atoms with Gasteiger partial charge in [0.05, 0.1) is 0 Å². The molecule has 1 saturated heterocycles. The fourth-order valence-corrected chi connectivity index (χ4v) is 2.87. The molecule has 0 aromatic heterocycles. The van der Waals surface area contributed by atoms with E-state index in [-0.39, 0.29) is 18.6 Å². The fourth-order valence-electron chi connectivity index (χ4n) is 2.87. The number of carbonyl (C=O) groups excluding carboxylic acids is 1. The quantitative estimate of drug-likeness (QED) is 0.910. The monoisotopic (exact) mass is 304 g/mol. The minimum atomic E-state index is 0.0677. The largest absolute Gasteiger partial charge is 0.484 e. The van der Waals surface area contributed by atoms with Crippen LogP contribution in [0.2, 0.25) is 0 Å². The minimum absolute atomic E-state index is 0.0677. The highest BCUT2D eigenvalue weighted by atomic mass is 16.5. The van der Waals surface area contributed by atoms with E-state index < -0.39 is 0 Å². The van der Waals surface area contributed by atoms with Crippen LogP contribution in [0.15, 0.2) is 24.3 Å². The smallest absolute Gasteiger partial charge is 0.260 e. The maximum Gasteiger partial charge on any atom is 0.260 e. The average molecular weight is 304 g/mol. The van der Waals surface area contributed by atoms with Gasteiger partial charge in [-0.3, -0.25) is 4.79 Å². The zero-order valence-electron chi connectivity index (χ0n) is 13.9. The highest BCUT2D eigenvalue weighted by Gasteiger charge is 2.24. The molecule has 2 N–H and O–H groups in total. The van der Waals surface area contributed by atoms with Crippen molar-refractivity contribution in [3.63, 3.8) is 0 Å². The van der Waals surface area contributed by atoms with E-state index >= 15 is 0 Å². The Morgan fingerprint density at radius 3 is 2.59 bits per heavy atom. The first kappa shape index (κ1) is 16.8. The second kappa shape index (κ2) is 7.63. The second-order valence-electron chi connectivity index (χ2n) is 6.59. The molecule has 1 heterocycles. The van der Waals surface area contributed by atoms with Crippen LogP contribution in [-0.2, 0) is 4.79 Å². The third kappa shape index (κ3) is 4.47. The van der Waals surface area contributed by atoms with E-state index in [1.54, 1.807) is 0 Å². The summed E-state index contributed by atoms with van der Waals surface area (Å²) >= 11 is 0. The Morgan fingerprint density at radius 1 is 1.32 bits per heavy atom. The fraction of sp³-hybridized carbons (Fsp3) is 0.611. The lowest BCUT2D eigenvalue weighted by atomic mass is 9.91. The van der Waals surface area contributed by atoms with Crippen molar-refractivity contribution in [2.75, 3.05) is 19.7 Å². The van der Waals surface area contributed by atoms with E-state index in [4.69, 9.17) is 10.5 Å². The summed E-state index contributed by atoms with van der Waals surface area (Å²) < 4.78 is 5.67. The van der Waals surface area contributed by atoms with Crippen LogP contribution in [0.4, 0.5) is 0 Å². The van der Waals surface area contributed by atoms with Crippen LogP contribution in [0, 0.1) is 5.92 Å². The molecular formula is C18H28N2O2. The molecule has 1 fully saturated rings. The number of rotatable bonds is 5. The lowest BCUT2D eigenvalue weighted by molar-refractivity contribution is -0.134. The first-order valence-electron chi connectivity index (χ1n) is 8.23. The first-order chi connectivity index (χ1) is 10.5. The van der Waals surface area contributed by atoms with Crippen molar-refractivity contribution in [1.29, 1.82) is 0 Å². The van der Waals surface area contributed by atoms with Gasteiger partial charge in [-0.05, 0) is 49.3 Å². The predicted molar refractivity (Wildman–Crippen MR) is 89.0 cm³/mol. The van der Waals surface area contributed by atoms with Crippen LogP contribution in [-0.4, -0.2) is 36.5 Å². The van der Waals surface area contributed by atoms with E-state index in [0.29, 0.717) is 11.8 Å². The number of amides is 1. The molecule has 0 saturated carbocycles. The molecule has 122 valence electrons. The molecule has 1 aromatic rings. The second-order valence-corrected chi connectivity index (χ2v) is 6.59.